The maximum absolute atomic E-state index is 13.8. The third kappa shape index (κ3) is 2.69. The van der Waals surface area contributed by atoms with Gasteiger partial charge in [0.2, 0.25) is 11.8 Å². The number of para-hydroxylation sites is 1. The van der Waals surface area contributed by atoms with E-state index in [0.717, 1.165) is 0 Å². The number of carbonyl (C=O) groups excluding carboxylic acids is 2. The van der Waals surface area contributed by atoms with Crippen LogP contribution in [0.5, 0.6) is 0 Å². The molecule has 1 atom stereocenters. The summed E-state index contributed by atoms with van der Waals surface area (Å²) in [5, 5.41) is 6.27. The predicted molar refractivity (Wildman–Crippen MR) is 76.7 cm³/mol. The van der Waals surface area contributed by atoms with Crippen LogP contribution in [0.4, 0.5) is 15.9 Å². The van der Waals surface area contributed by atoms with E-state index in [0.29, 0.717) is 11.6 Å². The molecule has 1 aliphatic heterocycles. The average molecular weight is 303 g/mol. The first-order valence-corrected chi connectivity index (χ1v) is 6.83. The van der Waals surface area contributed by atoms with Crippen LogP contribution in [0.15, 0.2) is 34.9 Å². The molecule has 1 saturated heterocycles. The van der Waals surface area contributed by atoms with Crippen molar-refractivity contribution in [3.05, 3.63) is 41.9 Å². The molecule has 114 valence electrons. The zero-order chi connectivity index (χ0) is 15.7. The molecule has 0 aliphatic carbocycles. The van der Waals surface area contributed by atoms with Gasteiger partial charge >= 0.3 is 0 Å². The lowest BCUT2D eigenvalue weighted by Gasteiger charge is -2.17. The van der Waals surface area contributed by atoms with E-state index in [9.17, 15) is 14.0 Å². The number of carbonyl (C=O) groups is 2. The minimum Gasteiger partial charge on any atom is -0.360 e. The lowest BCUT2D eigenvalue weighted by Crippen LogP contribution is -2.28. The van der Waals surface area contributed by atoms with Crippen molar-refractivity contribution in [1.82, 2.24) is 5.16 Å². The van der Waals surface area contributed by atoms with Crippen molar-refractivity contribution in [2.45, 2.75) is 13.3 Å². The van der Waals surface area contributed by atoms with Crippen LogP contribution in [-0.2, 0) is 9.59 Å². The molecule has 0 spiro atoms. The van der Waals surface area contributed by atoms with Crippen LogP contribution in [0.1, 0.15) is 12.2 Å². The number of anilines is 2. The second kappa shape index (κ2) is 5.59. The predicted octanol–water partition coefficient (Wildman–Crippen LogP) is 2.11. The second-order valence-electron chi connectivity index (χ2n) is 5.17. The maximum Gasteiger partial charge on any atom is 0.231 e. The Labute approximate surface area is 125 Å². The van der Waals surface area contributed by atoms with Crippen LogP contribution in [0.2, 0.25) is 0 Å². The molecule has 2 amide bonds. The van der Waals surface area contributed by atoms with Crippen molar-refractivity contribution < 1.29 is 18.5 Å². The zero-order valence-electron chi connectivity index (χ0n) is 11.9. The first kappa shape index (κ1) is 14.2. The summed E-state index contributed by atoms with van der Waals surface area (Å²) in [4.78, 5) is 25.5. The third-order valence-corrected chi connectivity index (χ3v) is 3.52. The molecule has 0 bridgehead atoms. The first-order valence-electron chi connectivity index (χ1n) is 6.83. The van der Waals surface area contributed by atoms with E-state index in [1.54, 1.807) is 25.1 Å². The SMILES string of the molecule is Cc1cc(NC(=O)[C@@H]2CC(=O)N(c3ccccc3F)C2)no1. The molecule has 1 aromatic carbocycles. The van der Waals surface area contributed by atoms with Gasteiger partial charge in [-0.05, 0) is 19.1 Å². The van der Waals surface area contributed by atoms with Crippen molar-refractivity contribution in [2.24, 2.45) is 5.92 Å². The molecule has 7 heteroatoms. The van der Waals surface area contributed by atoms with Gasteiger partial charge < -0.3 is 14.7 Å². The minimum atomic E-state index is -0.552. The lowest BCUT2D eigenvalue weighted by atomic mass is 10.1. The Hall–Kier alpha value is -2.70. The number of hydrogen-bond acceptors (Lipinski definition) is 4. The summed E-state index contributed by atoms with van der Waals surface area (Å²) in [7, 11) is 0. The molecule has 1 N–H and O–H groups in total. The van der Waals surface area contributed by atoms with Gasteiger partial charge in [0, 0.05) is 19.0 Å². The summed E-state index contributed by atoms with van der Waals surface area (Å²) in [5.74, 6) is -0.764. The lowest BCUT2D eigenvalue weighted by molar-refractivity contribution is -0.122. The quantitative estimate of drug-likeness (QED) is 0.942. The van der Waals surface area contributed by atoms with Gasteiger partial charge in [-0.3, -0.25) is 9.59 Å². The number of nitrogens with zero attached hydrogens (tertiary/aromatic N) is 2. The van der Waals surface area contributed by atoms with E-state index >= 15 is 0 Å². The van der Waals surface area contributed by atoms with Crippen LogP contribution in [0, 0.1) is 18.7 Å². The summed E-state index contributed by atoms with van der Waals surface area (Å²) in [6, 6.07) is 7.60. The second-order valence-corrected chi connectivity index (χ2v) is 5.17. The monoisotopic (exact) mass is 303 g/mol. The Kier molecular flexibility index (Phi) is 3.62. The fourth-order valence-electron chi connectivity index (χ4n) is 2.44. The number of nitrogens with one attached hydrogen (secondary N) is 1. The van der Waals surface area contributed by atoms with E-state index in [-0.39, 0.29) is 30.5 Å². The van der Waals surface area contributed by atoms with E-state index in [1.165, 1.54) is 17.0 Å². The molecule has 2 aromatic rings. The molecule has 3 rings (SSSR count). The van der Waals surface area contributed by atoms with Crippen LogP contribution in [0.25, 0.3) is 0 Å². The number of aryl methyl sites for hydroxylation is 1. The van der Waals surface area contributed by atoms with Gasteiger partial charge in [-0.1, -0.05) is 17.3 Å². The molecule has 1 aliphatic rings. The molecule has 6 nitrogen and oxygen atoms in total. The largest absolute Gasteiger partial charge is 0.360 e. The van der Waals surface area contributed by atoms with Crippen molar-refractivity contribution in [3.8, 4) is 0 Å². The molecular formula is C15H14FN3O3. The molecule has 1 aromatic heterocycles. The Balaban J connectivity index is 1.71. The van der Waals surface area contributed by atoms with Gasteiger partial charge in [0.05, 0.1) is 11.6 Å². The summed E-state index contributed by atoms with van der Waals surface area (Å²) < 4.78 is 18.6. The highest BCUT2D eigenvalue weighted by Crippen LogP contribution is 2.27. The number of halogens is 1. The number of amides is 2. The van der Waals surface area contributed by atoms with E-state index < -0.39 is 11.7 Å². The number of aromatic nitrogens is 1. The van der Waals surface area contributed by atoms with E-state index in [4.69, 9.17) is 4.52 Å². The normalized spacial score (nSPS) is 17.8. The molecule has 2 heterocycles. The maximum atomic E-state index is 13.8. The Morgan fingerprint density at radius 3 is 2.91 bits per heavy atom. The Morgan fingerprint density at radius 1 is 1.45 bits per heavy atom. The summed E-state index contributed by atoms with van der Waals surface area (Å²) in [5.41, 5.74) is 0.195. The van der Waals surface area contributed by atoms with Crippen molar-refractivity contribution >= 4 is 23.3 Å². The number of rotatable bonds is 3. The number of benzene rings is 1. The van der Waals surface area contributed by atoms with Gasteiger partial charge in [-0.15, -0.1) is 0 Å². The van der Waals surface area contributed by atoms with Gasteiger partial charge in [0.15, 0.2) is 5.82 Å². The average Bonchev–Trinajstić information content (AvgIpc) is 3.06. The zero-order valence-corrected chi connectivity index (χ0v) is 11.9. The van der Waals surface area contributed by atoms with Gasteiger partial charge in [0.1, 0.15) is 11.6 Å². The molecule has 1 fully saturated rings. The van der Waals surface area contributed by atoms with Crippen molar-refractivity contribution in [2.75, 3.05) is 16.8 Å². The molecule has 0 radical (unpaired) electrons. The standard InChI is InChI=1S/C15H14FN3O3/c1-9-6-13(18-22-9)17-15(21)10-7-14(20)19(8-10)12-5-3-2-4-11(12)16/h2-6,10H,7-8H2,1H3,(H,17,18,21)/t10-/m1/s1. The van der Waals surface area contributed by atoms with Crippen LogP contribution >= 0.6 is 0 Å². The van der Waals surface area contributed by atoms with E-state index in [2.05, 4.69) is 10.5 Å². The fraction of sp³-hybridized carbons (Fsp3) is 0.267. The molecule has 0 unspecified atom stereocenters. The molecular weight excluding hydrogens is 289 g/mol. The Bertz CT molecular complexity index is 728. The Morgan fingerprint density at radius 2 is 2.23 bits per heavy atom. The molecule has 0 saturated carbocycles. The van der Waals surface area contributed by atoms with Gasteiger partial charge in [0.25, 0.3) is 0 Å². The van der Waals surface area contributed by atoms with Crippen LogP contribution in [-0.4, -0.2) is 23.5 Å². The van der Waals surface area contributed by atoms with Crippen molar-refractivity contribution in [1.29, 1.82) is 0 Å². The van der Waals surface area contributed by atoms with Crippen molar-refractivity contribution in [3.63, 3.8) is 0 Å². The first-order chi connectivity index (χ1) is 10.5. The van der Waals surface area contributed by atoms with Crippen LogP contribution < -0.4 is 10.2 Å². The highest BCUT2D eigenvalue weighted by atomic mass is 19.1. The highest BCUT2D eigenvalue weighted by Gasteiger charge is 2.36. The highest BCUT2D eigenvalue weighted by molar-refractivity contribution is 6.03. The summed E-state index contributed by atoms with van der Waals surface area (Å²) in [6.07, 6.45) is 0.0387. The fourth-order valence-corrected chi connectivity index (χ4v) is 2.44. The topological polar surface area (TPSA) is 75.4 Å². The third-order valence-electron chi connectivity index (χ3n) is 3.52. The van der Waals surface area contributed by atoms with Crippen LogP contribution in [0.3, 0.4) is 0 Å². The summed E-state index contributed by atoms with van der Waals surface area (Å²) in [6.45, 7) is 1.85. The smallest absolute Gasteiger partial charge is 0.231 e. The minimum absolute atomic E-state index is 0.0387. The number of hydrogen-bond donors (Lipinski definition) is 1. The summed E-state index contributed by atoms with van der Waals surface area (Å²) >= 11 is 0. The molecule has 22 heavy (non-hydrogen) atoms. The van der Waals surface area contributed by atoms with Gasteiger partial charge in [-0.2, -0.15) is 0 Å². The van der Waals surface area contributed by atoms with Gasteiger partial charge in [-0.25, -0.2) is 4.39 Å². The van der Waals surface area contributed by atoms with E-state index in [1.807, 2.05) is 0 Å².